The summed E-state index contributed by atoms with van der Waals surface area (Å²) in [5, 5.41) is 13.5. The van der Waals surface area contributed by atoms with Crippen molar-refractivity contribution >= 4 is 40.9 Å². The van der Waals surface area contributed by atoms with E-state index in [-0.39, 0.29) is 22.4 Å². The highest BCUT2D eigenvalue weighted by Crippen LogP contribution is 2.22. The van der Waals surface area contributed by atoms with Gasteiger partial charge in [0.25, 0.3) is 17.5 Å². The SMILES string of the molecule is CCC(C)N1C(=O)C(=Cc2cccn2-c2ccc([N+](=O)[O-])cc2)C(=O)NC1=S. The molecule has 9 heteroatoms. The Morgan fingerprint density at radius 1 is 1.25 bits per heavy atom. The molecule has 28 heavy (non-hydrogen) atoms. The average molecular weight is 398 g/mol. The third-order valence-electron chi connectivity index (χ3n) is 4.58. The minimum Gasteiger partial charge on any atom is -0.317 e. The van der Waals surface area contributed by atoms with E-state index in [0.717, 1.165) is 0 Å². The summed E-state index contributed by atoms with van der Waals surface area (Å²) in [6, 6.07) is 9.35. The molecule has 1 N–H and O–H groups in total. The highest BCUT2D eigenvalue weighted by Gasteiger charge is 2.35. The fourth-order valence-electron chi connectivity index (χ4n) is 2.88. The lowest BCUT2D eigenvalue weighted by molar-refractivity contribution is -0.384. The number of nitro benzene ring substituents is 1. The number of hydrogen-bond acceptors (Lipinski definition) is 5. The largest absolute Gasteiger partial charge is 0.317 e. The number of nitrogens with one attached hydrogen (secondary N) is 1. The van der Waals surface area contributed by atoms with Gasteiger partial charge in [0.2, 0.25) is 0 Å². The van der Waals surface area contributed by atoms with Gasteiger partial charge < -0.3 is 4.57 Å². The van der Waals surface area contributed by atoms with Crippen molar-refractivity contribution in [1.82, 2.24) is 14.8 Å². The van der Waals surface area contributed by atoms with E-state index < -0.39 is 16.7 Å². The number of hydrogen-bond donors (Lipinski definition) is 1. The third-order valence-corrected chi connectivity index (χ3v) is 4.87. The first-order valence-electron chi connectivity index (χ1n) is 8.66. The first-order valence-corrected chi connectivity index (χ1v) is 9.07. The minimum absolute atomic E-state index is 0.0178. The molecule has 0 radical (unpaired) electrons. The molecule has 1 unspecified atom stereocenters. The van der Waals surface area contributed by atoms with Crippen molar-refractivity contribution in [2.75, 3.05) is 0 Å². The molecule has 0 aliphatic carbocycles. The smallest absolute Gasteiger partial charge is 0.269 e. The molecule has 8 nitrogen and oxygen atoms in total. The van der Waals surface area contributed by atoms with Gasteiger partial charge in [-0.3, -0.25) is 29.9 Å². The van der Waals surface area contributed by atoms with Crippen LogP contribution >= 0.6 is 12.2 Å². The topological polar surface area (TPSA) is 97.5 Å². The number of benzene rings is 1. The Balaban J connectivity index is 1.99. The first-order chi connectivity index (χ1) is 13.3. The van der Waals surface area contributed by atoms with Crippen molar-refractivity contribution in [2.24, 2.45) is 0 Å². The molecule has 1 aliphatic rings. The minimum atomic E-state index is -0.550. The lowest BCUT2D eigenvalue weighted by atomic mass is 10.1. The van der Waals surface area contributed by atoms with Crippen LogP contribution in [0.5, 0.6) is 0 Å². The summed E-state index contributed by atoms with van der Waals surface area (Å²) >= 11 is 5.15. The van der Waals surface area contributed by atoms with Crippen LogP contribution in [0.4, 0.5) is 5.69 Å². The summed E-state index contributed by atoms with van der Waals surface area (Å²) in [6.07, 6.45) is 3.93. The molecular formula is C19H18N4O4S. The standard InChI is InChI=1S/C19H18N4O4S/c1-3-12(2)22-18(25)16(17(24)20-19(22)28)11-15-5-4-10-21(15)13-6-8-14(9-7-13)23(26)27/h4-12H,3H2,1-2H3,(H,20,24,28). The van der Waals surface area contributed by atoms with Gasteiger partial charge >= 0.3 is 0 Å². The maximum absolute atomic E-state index is 12.9. The number of carbonyl (C=O) groups excluding carboxylic acids is 2. The van der Waals surface area contributed by atoms with E-state index >= 15 is 0 Å². The summed E-state index contributed by atoms with van der Waals surface area (Å²) in [5.74, 6) is -0.995. The van der Waals surface area contributed by atoms with Crippen molar-refractivity contribution in [3.05, 3.63) is 64.0 Å². The van der Waals surface area contributed by atoms with E-state index in [9.17, 15) is 19.7 Å². The van der Waals surface area contributed by atoms with Gasteiger partial charge in [-0.05, 0) is 55.9 Å². The Morgan fingerprint density at radius 3 is 2.54 bits per heavy atom. The van der Waals surface area contributed by atoms with E-state index in [1.807, 2.05) is 13.8 Å². The zero-order valence-electron chi connectivity index (χ0n) is 15.3. The van der Waals surface area contributed by atoms with Crippen molar-refractivity contribution < 1.29 is 14.5 Å². The molecule has 1 aromatic carbocycles. The van der Waals surface area contributed by atoms with Crippen LogP contribution in [0.15, 0.2) is 48.2 Å². The predicted molar refractivity (Wildman–Crippen MR) is 108 cm³/mol. The molecule has 1 saturated heterocycles. The van der Waals surface area contributed by atoms with Crippen molar-refractivity contribution in [3.63, 3.8) is 0 Å². The number of non-ortho nitro benzene ring substituents is 1. The Kier molecular flexibility index (Phi) is 5.36. The predicted octanol–water partition coefficient (Wildman–Crippen LogP) is 2.81. The zero-order chi connectivity index (χ0) is 20.4. The van der Waals surface area contributed by atoms with E-state index in [1.54, 1.807) is 35.0 Å². The van der Waals surface area contributed by atoms with Crippen LogP contribution in [0.3, 0.4) is 0 Å². The number of aromatic nitrogens is 1. The number of nitro groups is 1. The first kappa shape index (κ1) is 19.4. The second-order valence-corrected chi connectivity index (χ2v) is 6.71. The summed E-state index contributed by atoms with van der Waals surface area (Å²) < 4.78 is 1.73. The Labute approximate surface area is 166 Å². The normalized spacial score (nSPS) is 17.0. The Hall–Kier alpha value is -3.33. The summed E-state index contributed by atoms with van der Waals surface area (Å²) in [7, 11) is 0. The van der Waals surface area contributed by atoms with Crippen LogP contribution < -0.4 is 5.32 Å². The van der Waals surface area contributed by atoms with Crippen LogP contribution in [0.25, 0.3) is 11.8 Å². The number of carbonyl (C=O) groups is 2. The van der Waals surface area contributed by atoms with E-state index in [0.29, 0.717) is 17.8 Å². The van der Waals surface area contributed by atoms with Crippen molar-refractivity contribution in [3.8, 4) is 5.69 Å². The number of rotatable bonds is 5. The lowest BCUT2D eigenvalue weighted by Gasteiger charge is -2.33. The van der Waals surface area contributed by atoms with Gasteiger partial charge in [0.15, 0.2) is 5.11 Å². The van der Waals surface area contributed by atoms with Crippen molar-refractivity contribution in [2.45, 2.75) is 26.3 Å². The molecule has 2 heterocycles. The molecule has 2 amide bonds. The highest BCUT2D eigenvalue weighted by atomic mass is 32.1. The van der Waals surface area contributed by atoms with Gasteiger partial charge in [-0.2, -0.15) is 0 Å². The third kappa shape index (κ3) is 3.56. The second-order valence-electron chi connectivity index (χ2n) is 6.33. The summed E-state index contributed by atoms with van der Waals surface area (Å²) in [4.78, 5) is 37.0. The van der Waals surface area contributed by atoms with Gasteiger partial charge in [-0.25, -0.2) is 0 Å². The number of nitrogens with zero attached hydrogens (tertiary/aromatic N) is 3. The molecule has 0 spiro atoms. The van der Waals surface area contributed by atoms with Crippen LogP contribution in [-0.4, -0.2) is 37.4 Å². The molecule has 3 rings (SSSR count). The fraction of sp³-hybridized carbons (Fsp3) is 0.211. The van der Waals surface area contributed by atoms with Gasteiger partial charge in [0, 0.05) is 35.8 Å². The van der Waals surface area contributed by atoms with E-state index in [2.05, 4.69) is 5.32 Å². The quantitative estimate of drug-likeness (QED) is 0.275. The van der Waals surface area contributed by atoms with Crippen LogP contribution in [0.1, 0.15) is 26.0 Å². The number of amides is 2. The fourth-order valence-corrected chi connectivity index (χ4v) is 3.24. The maximum atomic E-state index is 12.9. The molecule has 144 valence electrons. The lowest BCUT2D eigenvalue weighted by Crippen LogP contribution is -2.56. The average Bonchev–Trinajstić information content (AvgIpc) is 3.13. The summed E-state index contributed by atoms with van der Waals surface area (Å²) in [5.41, 5.74) is 1.22. The number of thiocarbonyl (C=S) groups is 1. The van der Waals surface area contributed by atoms with Gasteiger partial charge in [-0.15, -0.1) is 0 Å². The molecule has 1 fully saturated rings. The molecule has 0 bridgehead atoms. The van der Waals surface area contributed by atoms with Gasteiger partial charge in [0.1, 0.15) is 5.57 Å². The Morgan fingerprint density at radius 2 is 1.93 bits per heavy atom. The van der Waals surface area contributed by atoms with Crippen LogP contribution in [0, 0.1) is 10.1 Å². The molecule has 1 atom stereocenters. The zero-order valence-corrected chi connectivity index (χ0v) is 16.1. The Bertz CT molecular complexity index is 994. The molecule has 1 aliphatic heterocycles. The van der Waals surface area contributed by atoms with Crippen molar-refractivity contribution in [1.29, 1.82) is 0 Å². The second kappa shape index (κ2) is 7.73. The molecule has 1 aromatic heterocycles. The molecular weight excluding hydrogens is 380 g/mol. The van der Waals surface area contributed by atoms with Gasteiger partial charge in [-0.1, -0.05) is 6.92 Å². The van der Waals surface area contributed by atoms with E-state index in [1.165, 1.54) is 23.1 Å². The van der Waals surface area contributed by atoms with Crippen LogP contribution in [-0.2, 0) is 9.59 Å². The summed E-state index contributed by atoms with van der Waals surface area (Å²) in [6.45, 7) is 3.79. The highest BCUT2D eigenvalue weighted by molar-refractivity contribution is 7.80. The van der Waals surface area contributed by atoms with Gasteiger partial charge in [0.05, 0.1) is 4.92 Å². The monoisotopic (exact) mass is 398 g/mol. The molecule has 0 saturated carbocycles. The maximum Gasteiger partial charge on any atom is 0.269 e. The van der Waals surface area contributed by atoms with Crippen LogP contribution in [0.2, 0.25) is 0 Å². The van der Waals surface area contributed by atoms with E-state index in [4.69, 9.17) is 12.2 Å². The molecule has 2 aromatic rings.